The fraction of sp³-hybridized carbons (Fsp3) is 0.450. The number of nitrogens with one attached hydrogen (secondary N) is 2. The van der Waals surface area contributed by atoms with Gasteiger partial charge in [0, 0.05) is 16.9 Å². The van der Waals surface area contributed by atoms with Crippen LogP contribution in [-0.2, 0) is 12.8 Å². The van der Waals surface area contributed by atoms with Crippen molar-refractivity contribution >= 4 is 17.5 Å². The van der Waals surface area contributed by atoms with E-state index in [1.165, 1.54) is 0 Å². The molecule has 5 nitrogen and oxygen atoms in total. The van der Waals surface area contributed by atoms with Gasteiger partial charge in [-0.15, -0.1) is 0 Å². The van der Waals surface area contributed by atoms with E-state index in [4.69, 9.17) is 0 Å². The van der Waals surface area contributed by atoms with Gasteiger partial charge in [0.2, 0.25) is 5.95 Å². The number of rotatable bonds is 5. The van der Waals surface area contributed by atoms with Gasteiger partial charge in [-0.05, 0) is 57.7 Å². The van der Waals surface area contributed by atoms with E-state index < -0.39 is 0 Å². The number of anilines is 2. The molecule has 0 spiro atoms. The Balaban J connectivity index is 2.33. The summed E-state index contributed by atoms with van der Waals surface area (Å²) >= 11 is 0. The molecular weight excluding hydrogens is 312 g/mol. The van der Waals surface area contributed by atoms with Crippen LogP contribution in [0.25, 0.3) is 0 Å². The predicted octanol–water partition coefficient (Wildman–Crippen LogP) is 4.37. The Labute approximate surface area is 150 Å². The number of hydrogen-bond acceptors (Lipinski definition) is 4. The molecule has 5 heteroatoms. The fourth-order valence-electron chi connectivity index (χ4n) is 2.66. The van der Waals surface area contributed by atoms with Crippen LogP contribution in [0.5, 0.6) is 0 Å². The fourth-order valence-corrected chi connectivity index (χ4v) is 2.66. The normalized spacial score (nSPS) is 11.3. The number of para-hydroxylation sites is 1. The summed E-state index contributed by atoms with van der Waals surface area (Å²) < 4.78 is 0. The van der Waals surface area contributed by atoms with Crippen molar-refractivity contribution in [2.45, 2.75) is 59.9 Å². The molecule has 0 fully saturated rings. The second kappa shape index (κ2) is 7.64. The van der Waals surface area contributed by atoms with E-state index >= 15 is 0 Å². The third-order valence-electron chi connectivity index (χ3n) is 3.81. The van der Waals surface area contributed by atoms with Gasteiger partial charge in [0.1, 0.15) is 5.69 Å². The number of carbonyl (C=O) groups is 1. The van der Waals surface area contributed by atoms with Gasteiger partial charge < -0.3 is 10.6 Å². The van der Waals surface area contributed by atoms with Crippen LogP contribution in [0.4, 0.5) is 11.6 Å². The molecule has 2 aromatic rings. The monoisotopic (exact) mass is 340 g/mol. The molecule has 1 amide bonds. The van der Waals surface area contributed by atoms with Crippen molar-refractivity contribution in [2.75, 3.05) is 10.6 Å². The summed E-state index contributed by atoms with van der Waals surface area (Å²) in [6.07, 6.45) is 1.73. The maximum absolute atomic E-state index is 12.8. The summed E-state index contributed by atoms with van der Waals surface area (Å²) in [7, 11) is 0. The molecule has 0 radical (unpaired) electrons. The molecule has 2 rings (SSSR count). The van der Waals surface area contributed by atoms with Crippen LogP contribution in [0.1, 0.15) is 61.9 Å². The van der Waals surface area contributed by atoms with Crippen molar-refractivity contribution in [1.82, 2.24) is 9.97 Å². The van der Waals surface area contributed by atoms with Crippen molar-refractivity contribution < 1.29 is 4.79 Å². The molecule has 2 N–H and O–H groups in total. The summed E-state index contributed by atoms with van der Waals surface area (Å²) in [5.41, 5.74) is 4.11. The minimum atomic E-state index is -0.210. The smallest absolute Gasteiger partial charge is 0.274 e. The Hall–Kier alpha value is -2.43. The Bertz CT molecular complexity index is 741. The summed E-state index contributed by atoms with van der Waals surface area (Å²) in [4.78, 5) is 21.6. The first kappa shape index (κ1) is 18.9. The molecule has 134 valence electrons. The van der Waals surface area contributed by atoms with Gasteiger partial charge in [-0.1, -0.05) is 32.0 Å². The first-order valence-electron chi connectivity index (χ1n) is 8.79. The van der Waals surface area contributed by atoms with Crippen LogP contribution in [0.2, 0.25) is 0 Å². The van der Waals surface area contributed by atoms with Gasteiger partial charge in [0.25, 0.3) is 5.91 Å². The lowest BCUT2D eigenvalue weighted by molar-refractivity contribution is 0.102. The maximum atomic E-state index is 12.8. The Morgan fingerprint density at radius 1 is 1.08 bits per heavy atom. The molecule has 0 saturated heterocycles. The van der Waals surface area contributed by atoms with E-state index in [2.05, 4.69) is 34.4 Å². The molecule has 0 unspecified atom stereocenters. The number of aromatic nitrogens is 2. The summed E-state index contributed by atoms with van der Waals surface area (Å²) in [5, 5.41) is 6.28. The highest BCUT2D eigenvalue weighted by atomic mass is 16.1. The quantitative estimate of drug-likeness (QED) is 0.848. The lowest BCUT2D eigenvalue weighted by Gasteiger charge is -2.21. The lowest BCUT2D eigenvalue weighted by Crippen LogP contribution is -2.28. The van der Waals surface area contributed by atoms with Crippen LogP contribution in [0, 0.1) is 6.92 Å². The average molecular weight is 340 g/mol. The zero-order valence-electron chi connectivity index (χ0n) is 16.0. The van der Waals surface area contributed by atoms with Crippen molar-refractivity contribution in [3.63, 3.8) is 0 Å². The van der Waals surface area contributed by atoms with E-state index in [9.17, 15) is 4.79 Å². The summed E-state index contributed by atoms with van der Waals surface area (Å²) in [6.45, 7) is 12.1. The van der Waals surface area contributed by atoms with Crippen LogP contribution >= 0.6 is 0 Å². The highest BCUT2D eigenvalue weighted by molar-refractivity contribution is 6.04. The van der Waals surface area contributed by atoms with Gasteiger partial charge in [-0.2, -0.15) is 0 Å². The molecule has 0 aliphatic carbocycles. The van der Waals surface area contributed by atoms with Crippen molar-refractivity contribution in [2.24, 2.45) is 0 Å². The van der Waals surface area contributed by atoms with E-state index in [0.29, 0.717) is 11.6 Å². The average Bonchev–Trinajstić information content (AvgIpc) is 2.52. The molecule has 25 heavy (non-hydrogen) atoms. The first-order chi connectivity index (χ1) is 11.7. The molecule has 0 atom stereocenters. The SMILES string of the molecule is CCc1cccc(CC)c1NC(=O)c1cc(C)nc(NC(C)(C)C)n1. The van der Waals surface area contributed by atoms with Crippen molar-refractivity contribution in [3.8, 4) is 0 Å². The minimum absolute atomic E-state index is 0.175. The second-order valence-corrected chi connectivity index (χ2v) is 7.21. The largest absolute Gasteiger partial charge is 0.350 e. The zero-order chi connectivity index (χ0) is 18.6. The molecule has 1 aromatic heterocycles. The molecule has 0 saturated carbocycles. The van der Waals surface area contributed by atoms with E-state index in [0.717, 1.165) is 35.3 Å². The van der Waals surface area contributed by atoms with E-state index in [-0.39, 0.29) is 11.4 Å². The van der Waals surface area contributed by atoms with Crippen LogP contribution in [0.3, 0.4) is 0 Å². The highest BCUT2D eigenvalue weighted by Crippen LogP contribution is 2.23. The van der Waals surface area contributed by atoms with Crippen molar-refractivity contribution in [3.05, 3.63) is 46.8 Å². The Kier molecular flexibility index (Phi) is 5.77. The minimum Gasteiger partial charge on any atom is -0.350 e. The highest BCUT2D eigenvalue weighted by Gasteiger charge is 2.17. The molecule has 1 heterocycles. The second-order valence-electron chi connectivity index (χ2n) is 7.21. The van der Waals surface area contributed by atoms with Gasteiger partial charge in [-0.25, -0.2) is 9.97 Å². The van der Waals surface area contributed by atoms with Crippen LogP contribution in [-0.4, -0.2) is 21.4 Å². The Morgan fingerprint density at radius 2 is 1.68 bits per heavy atom. The van der Waals surface area contributed by atoms with E-state index in [1.54, 1.807) is 6.07 Å². The van der Waals surface area contributed by atoms with Gasteiger partial charge >= 0.3 is 0 Å². The zero-order valence-corrected chi connectivity index (χ0v) is 16.0. The third kappa shape index (κ3) is 5.02. The molecule has 1 aromatic carbocycles. The molecule has 0 aliphatic heterocycles. The summed E-state index contributed by atoms with van der Waals surface area (Å²) in [5.74, 6) is 0.259. The van der Waals surface area contributed by atoms with Gasteiger partial charge in [0.05, 0.1) is 0 Å². The first-order valence-corrected chi connectivity index (χ1v) is 8.79. The number of nitrogens with zero attached hydrogens (tertiary/aromatic N) is 2. The third-order valence-corrected chi connectivity index (χ3v) is 3.81. The number of carbonyl (C=O) groups excluding carboxylic acids is 1. The molecular formula is C20H28N4O. The topological polar surface area (TPSA) is 66.9 Å². The maximum Gasteiger partial charge on any atom is 0.274 e. The number of benzene rings is 1. The van der Waals surface area contributed by atoms with Crippen molar-refractivity contribution in [1.29, 1.82) is 0 Å². The van der Waals surface area contributed by atoms with Crippen LogP contribution < -0.4 is 10.6 Å². The summed E-state index contributed by atoms with van der Waals surface area (Å²) in [6, 6.07) is 7.84. The molecule has 0 bridgehead atoms. The van der Waals surface area contributed by atoms with E-state index in [1.807, 2.05) is 45.9 Å². The number of aryl methyl sites for hydroxylation is 3. The van der Waals surface area contributed by atoms with Gasteiger partial charge in [0.15, 0.2) is 0 Å². The number of hydrogen-bond donors (Lipinski definition) is 2. The van der Waals surface area contributed by atoms with Crippen LogP contribution in [0.15, 0.2) is 24.3 Å². The standard InChI is InChI=1S/C20H28N4O/c1-7-14-10-9-11-15(8-2)17(14)23-18(25)16-12-13(3)21-19(22-16)24-20(4,5)6/h9-12H,7-8H2,1-6H3,(H,23,25)(H,21,22,24). The molecule has 0 aliphatic rings. The van der Waals surface area contributed by atoms with Gasteiger partial charge in [-0.3, -0.25) is 4.79 Å². The Morgan fingerprint density at radius 3 is 2.20 bits per heavy atom. The number of amides is 1. The predicted molar refractivity (Wildman–Crippen MR) is 103 cm³/mol. The lowest BCUT2D eigenvalue weighted by atomic mass is 10.0.